The molecule has 0 aromatic heterocycles. The van der Waals surface area contributed by atoms with Crippen LogP contribution in [0, 0.1) is 0 Å². The number of benzene rings is 1. The predicted molar refractivity (Wildman–Crippen MR) is 101 cm³/mol. The largest absolute Gasteiger partial charge is 0.392 e. The van der Waals surface area contributed by atoms with Crippen molar-refractivity contribution in [1.29, 1.82) is 0 Å². The third-order valence-electron chi connectivity index (χ3n) is 5.79. The molecule has 3 aliphatic heterocycles. The Balaban J connectivity index is 1.41. The normalized spacial score (nSPS) is 28.1. The minimum atomic E-state index is -0.584. The van der Waals surface area contributed by atoms with Crippen LogP contribution in [0.15, 0.2) is 18.2 Å². The van der Waals surface area contributed by atoms with E-state index in [-0.39, 0.29) is 36.3 Å². The highest BCUT2D eigenvalue weighted by Crippen LogP contribution is 2.28. The molecule has 4 N–H and O–H groups in total. The van der Waals surface area contributed by atoms with Crippen LogP contribution in [0.1, 0.15) is 47.2 Å². The first-order chi connectivity index (χ1) is 13.5. The quantitative estimate of drug-likeness (QED) is 0.527. The van der Waals surface area contributed by atoms with E-state index in [0.717, 1.165) is 24.1 Å². The first kappa shape index (κ1) is 19.0. The van der Waals surface area contributed by atoms with Crippen LogP contribution in [-0.4, -0.2) is 59.0 Å². The van der Waals surface area contributed by atoms with Crippen molar-refractivity contribution in [2.45, 2.75) is 57.0 Å². The van der Waals surface area contributed by atoms with E-state index >= 15 is 0 Å². The van der Waals surface area contributed by atoms with Crippen LogP contribution in [0.3, 0.4) is 0 Å². The lowest BCUT2D eigenvalue weighted by Crippen LogP contribution is -2.52. The molecule has 4 rings (SSSR count). The van der Waals surface area contributed by atoms with Crippen LogP contribution in [0.5, 0.6) is 0 Å². The number of rotatable bonds is 4. The second-order valence-electron chi connectivity index (χ2n) is 7.85. The summed E-state index contributed by atoms with van der Waals surface area (Å²) in [5.74, 6) is -0.821. The summed E-state index contributed by atoms with van der Waals surface area (Å²) in [5.41, 5.74) is 2.54. The van der Waals surface area contributed by atoms with Crippen molar-refractivity contribution < 1.29 is 19.5 Å². The summed E-state index contributed by atoms with van der Waals surface area (Å²) in [5, 5.41) is 18.9. The molecule has 0 aliphatic carbocycles. The van der Waals surface area contributed by atoms with Gasteiger partial charge in [-0.2, -0.15) is 0 Å². The van der Waals surface area contributed by atoms with Gasteiger partial charge in [-0.05, 0) is 43.0 Å². The molecule has 1 aromatic rings. The zero-order valence-electron chi connectivity index (χ0n) is 15.7. The van der Waals surface area contributed by atoms with Gasteiger partial charge in [0.15, 0.2) is 0 Å². The summed E-state index contributed by atoms with van der Waals surface area (Å²) in [7, 11) is 0. The van der Waals surface area contributed by atoms with Gasteiger partial charge in [0.1, 0.15) is 6.04 Å². The Morgan fingerprint density at radius 2 is 2.07 bits per heavy atom. The maximum atomic E-state index is 12.9. The second-order valence-corrected chi connectivity index (χ2v) is 7.85. The summed E-state index contributed by atoms with van der Waals surface area (Å²) in [6.07, 6.45) is 1.94. The van der Waals surface area contributed by atoms with Gasteiger partial charge in [0.25, 0.3) is 5.91 Å². The van der Waals surface area contributed by atoms with Crippen molar-refractivity contribution in [3.05, 3.63) is 34.9 Å². The highest BCUT2D eigenvalue weighted by molar-refractivity contribution is 6.05. The van der Waals surface area contributed by atoms with E-state index in [2.05, 4.69) is 16.0 Å². The van der Waals surface area contributed by atoms with Crippen LogP contribution >= 0.6 is 0 Å². The number of aliphatic hydroxyl groups excluding tert-OH is 1. The van der Waals surface area contributed by atoms with Crippen molar-refractivity contribution >= 4 is 17.7 Å². The van der Waals surface area contributed by atoms with E-state index in [1.54, 1.807) is 4.90 Å². The molecule has 8 heteroatoms. The lowest BCUT2D eigenvalue weighted by molar-refractivity contribution is -0.136. The minimum Gasteiger partial charge on any atom is -0.392 e. The zero-order chi connectivity index (χ0) is 19.7. The van der Waals surface area contributed by atoms with E-state index in [1.807, 2.05) is 18.2 Å². The lowest BCUT2D eigenvalue weighted by Gasteiger charge is -2.29. The molecule has 0 saturated carbocycles. The maximum absolute atomic E-state index is 12.9. The molecular weight excluding hydrogens is 360 g/mol. The van der Waals surface area contributed by atoms with Crippen LogP contribution in [0.2, 0.25) is 0 Å². The number of carbonyl (C=O) groups excluding carboxylic acids is 3. The van der Waals surface area contributed by atoms with E-state index in [9.17, 15) is 19.5 Å². The van der Waals surface area contributed by atoms with Gasteiger partial charge in [-0.15, -0.1) is 0 Å². The van der Waals surface area contributed by atoms with E-state index in [1.165, 1.54) is 0 Å². The fraction of sp³-hybridized carbons (Fsp3) is 0.550. The van der Waals surface area contributed by atoms with Crippen molar-refractivity contribution in [2.75, 3.05) is 13.1 Å². The summed E-state index contributed by atoms with van der Waals surface area (Å²) in [4.78, 5) is 37.9. The average molecular weight is 386 g/mol. The Morgan fingerprint density at radius 3 is 2.89 bits per heavy atom. The molecule has 3 atom stereocenters. The van der Waals surface area contributed by atoms with Crippen molar-refractivity contribution in [3.63, 3.8) is 0 Å². The molecule has 28 heavy (non-hydrogen) atoms. The third kappa shape index (κ3) is 3.94. The van der Waals surface area contributed by atoms with E-state index in [4.69, 9.17) is 0 Å². The first-order valence-electron chi connectivity index (χ1n) is 9.90. The number of β-amino-alcohol motifs (C(OH)–C–C–N with tert-alkyl or cyclic N) is 1. The zero-order valence-corrected chi connectivity index (χ0v) is 15.7. The number of nitrogens with one attached hydrogen (secondary N) is 3. The Hall–Kier alpha value is -2.29. The Labute approximate surface area is 163 Å². The molecule has 0 radical (unpaired) electrons. The Morgan fingerprint density at radius 1 is 1.21 bits per heavy atom. The van der Waals surface area contributed by atoms with Crippen molar-refractivity contribution in [3.8, 4) is 0 Å². The molecule has 150 valence electrons. The van der Waals surface area contributed by atoms with Crippen LogP contribution < -0.4 is 16.0 Å². The number of piperidine rings is 1. The van der Waals surface area contributed by atoms with Crippen molar-refractivity contribution in [1.82, 2.24) is 20.9 Å². The second kappa shape index (κ2) is 7.98. The summed E-state index contributed by atoms with van der Waals surface area (Å²) >= 11 is 0. The van der Waals surface area contributed by atoms with Gasteiger partial charge >= 0.3 is 0 Å². The van der Waals surface area contributed by atoms with Crippen molar-refractivity contribution in [2.24, 2.45) is 0 Å². The lowest BCUT2D eigenvalue weighted by atomic mass is 10.0. The number of amides is 3. The number of fused-ring (bicyclic) bond motifs is 1. The number of aliphatic hydroxyl groups is 1. The molecule has 1 aromatic carbocycles. The average Bonchev–Trinajstić information content (AvgIpc) is 2.84. The van der Waals surface area contributed by atoms with Crippen LogP contribution in [-0.2, 0) is 22.7 Å². The molecule has 0 bridgehead atoms. The number of hydrogen-bond acceptors (Lipinski definition) is 6. The molecule has 8 nitrogen and oxygen atoms in total. The fourth-order valence-corrected chi connectivity index (χ4v) is 4.23. The molecule has 3 amide bonds. The SMILES string of the molecule is O=C1CCC(N2Cc3ccc(CN[C@H]4CCNC[C@@H](O)C4)cc3C2=O)C(=O)N1. The van der Waals surface area contributed by atoms with Gasteiger partial charge in [-0.1, -0.05) is 12.1 Å². The van der Waals surface area contributed by atoms with Gasteiger partial charge in [0, 0.05) is 37.7 Å². The molecule has 3 aliphatic rings. The fourth-order valence-electron chi connectivity index (χ4n) is 4.23. The topological polar surface area (TPSA) is 111 Å². The van der Waals surface area contributed by atoms with E-state index < -0.39 is 6.04 Å². The monoisotopic (exact) mass is 386 g/mol. The van der Waals surface area contributed by atoms with Gasteiger partial charge in [0.05, 0.1) is 6.10 Å². The highest BCUT2D eigenvalue weighted by atomic mass is 16.3. The highest BCUT2D eigenvalue weighted by Gasteiger charge is 2.39. The van der Waals surface area contributed by atoms with Gasteiger partial charge in [-0.25, -0.2) is 0 Å². The number of imide groups is 1. The third-order valence-corrected chi connectivity index (χ3v) is 5.79. The smallest absolute Gasteiger partial charge is 0.255 e. The Kier molecular flexibility index (Phi) is 5.43. The molecule has 1 unspecified atom stereocenters. The van der Waals surface area contributed by atoms with Crippen LogP contribution in [0.25, 0.3) is 0 Å². The predicted octanol–water partition coefficient (Wildman–Crippen LogP) is -0.350. The van der Waals surface area contributed by atoms with Crippen LogP contribution in [0.4, 0.5) is 0 Å². The number of hydrogen-bond donors (Lipinski definition) is 4. The minimum absolute atomic E-state index is 0.152. The van der Waals surface area contributed by atoms with Gasteiger partial charge < -0.3 is 20.6 Å². The molecule has 2 saturated heterocycles. The molecular formula is C20H26N4O4. The number of nitrogens with zero attached hydrogens (tertiary/aromatic N) is 1. The van der Waals surface area contributed by atoms with E-state index in [0.29, 0.717) is 38.0 Å². The van der Waals surface area contributed by atoms with Gasteiger partial charge in [-0.3, -0.25) is 19.7 Å². The number of carbonyl (C=O) groups is 3. The Bertz CT molecular complexity index is 796. The molecule has 0 spiro atoms. The first-order valence-corrected chi connectivity index (χ1v) is 9.90. The summed E-state index contributed by atoms with van der Waals surface area (Å²) < 4.78 is 0. The maximum Gasteiger partial charge on any atom is 0.255 e. The molecule has 3 heterocycles. The summed E-state index contributed by atoms with van der Waals surface area (Å²) in [6.45, 7) is 2.52. The molecule has 2 fully saturated rings. The van der Waals surface area contributed by atoms with Gasteiger partial charge in [0.2, 0.25) is 11.8 Å². The summed E-state index contributed by atoms with van der Waals surface area (Å²) in [6, 6.07) is 5.48. The standard InChI is InChI=1S/C20H26N4O4/c25-15-8-14(5-6-21-10-15)22-9-12-1-2-13-11-24(20(28)16(13)7-12)17-3-4-18(26)23-19(17)27/h1-2,7,14-15,17,21-22,25H,3-6,8-11H2,(H,23,26,27)/t14-,15-,17?/m0/s1.